The maximum absolute atomic E-state index is 12.6. The Morgan fingerprint density at radius 2 is 1.07 bits per heavy atom. The van der Waals surface area contributed by atoms with Crippen molar-refractivity contribution >= 4 is 17.9 Å². The Hall–Kier alpha value is -4.91. The van der Waals surface area contributed by atoms with Crippen molar-refractivity contribution in [3.8, 4) is 28.4 Å². The number of esters is 3. The molecule has 0 amide bonds. The molecule has 41 heavy (non-hydrogen) atoms. The third-order valence-corrected chi connectivity index (χ3v) is 6.33. The van der Waals surface area contributed by atoms with E-state index in [2.05, 4.69) is 0 Å². The number of carbonyl (C=O) groups is 3. The first kappa shape index (κ1) is 29.1. The molecule has 0 aliphatic carbocycles. The van der Waals surface area contributed by atoms with Crippen molar-refractivity contribution in [3.63, 3.8) is 0 Å². The van der Waals surface area contributed by atoms with Crippen molar-refractivity contribution < 1.29 is 33.3 Å². The summed E-state index contributed by atoms with van der Waals surface area (Å²) < 4.78 is 21.3. The number of methoxy groups -OCH3 is 1. The third-order valence-electron chi connectivity index (χ3n) is 6.33. The molecule has 0 aromatic heterocycles. The summed E-state index contributed by atoms with van der Waals surface area (Å²) in [6, 6.07) is 30.1. The maximum atomic E-state index is 12.6. The molecule has 0 bridgehead atoms. The summed E-state index contributed by atoms with van der Waals surface area (Å²) in [6.45, 7) is 0.349. The van der Waals surface area contributed by atoms with Gasteiger partial charge >= 0.3 is 17.9 Å². The lowest BCUT2D eigenvalue weighted by molar-refractivity contribution is -0.134. The summed E-state index contributed by atoms with van der Waals surface area (Å²) in [6.07, 6.45) is 3.35. The third kappa shape index (κ3) is 9.07. The molecular formula is C34H32O7. The zero-order valence-electron chi connectivity index (χ0n) is 22.9. The smallest absolute Gasteiger partial charge is 0.343 e. The van der Waals surface area contributed by atoms with Crippen LogP contribution < -0.4 is 14.2 Å². The Morgan fingerprint density at radius 1 is 0.537 bits per heavy atom. The summed E-state index contributed by atoms with van der Waals surface area (Å²) >= 11 is 0. The molecule has 7 nitrogen and oxygen atoms in total. The molecule has 0 unspecified atom stereocenters. The Bertz CT molecular complexity index is 1410. The van der Waals surface area contributed by atoms with Crippen LogP contribution in [-0.4, -0.2) is 31.6 Å². The molecule has 0 aliphatic rings. The summed E-state index contributed by atoms with van der Waals surface area (Å²) in [7, 11) is 1.63. The molecule has 0 saturated heterocycles. The lowest BCUT2D eigenvalue weighted by Gasteiger charge is -2.08. The lowest BCUT2D eigenvalue weighted by Crippen LogP contribution is -2.10. The van der Waals surface area contributed by atoms with Crippen LogP contribution in [0, 0.1) is 0 Å². The minimum absolute atomic E-state index is 0.278. The van der Waals surface area contributed by atoms with E-state index >= 15 is 0 Å². The van der Waals surface area contributed by atoms with Crippen LogP contribution in [0.1, 0.15) is 52.8 Å². The van der Waals surface area contributed by atoms with Crippen LogP contribution in [0.25, 0.3) is 11.1 Å². The van der Waals surface area contributed by atoms with Crippen molar-refractivity contribution in [3.05, 3.63) is 114 Å². The fraction of sp³-hybridized carbons (Fsp3) is 0.206. The lowest BCUT2D eigenvalue weighted by atomic mass is 10.1. The van der Waals surface area contributed by atoms with Crippen LogP contribution in [0.15, 0.2) is 103 Å². The van der Waals surface area contributed by atoms with Crippen LogP contribution in [0.5, 0.6) is 17.2 Å². The van der Waals surface area contributed by atoms with Crippen LogP contribution in [0.3, 0.4) is 0 Å². The highest BCUT2D eigenvalue weighted by molar-refractivity contribution is 5.91. The number of rotatable bonds is 13. The maximum Gasteiger partial charge on any atom is 0.343 e. The number of hydrogen-bond donors (Lipinski definition) is 0. The molecule has 0 fully saturated rings. The van der Waals surface area contributed by atoms with E-state index in [0.29, 0.717) is 35.7 Å². The van der Waals surface area contributed by atoms with Gasteiger partial charge in [0.15, 0.2) is 0 Å². The molecule has 0 saturated carbocycles. The first-order chi connectivity index (χ1) is 20.0. The average molecular weight is 553 g/mol. The second-order valence-corrected chi connectivity index (χ2v) is 9.31. The Kier molecular flexibility index (Phi) is 10.7. The zero-order chi connectivity index (χ0) is 28.9. The van der Waals surface area contributed by atoms with E-state index in [0.717, 1.165) is 36.1 Å². The van der Waals surface area contributed by atoms with Crippen molar-refractivity contribution in [2.24, 2.45) is 0 Å². The molecule has 0 N–H and O–H groups in total. The van der Waals surface area contributed by atoms with Gasteiger partial charge in [0, 0.05) is 6.42 Å². The van der Waals surface area contributed by atoms with Gasteiger partial charge in [0.2, 0.25) is 0 Å². The minimum Gasteiger partial charge on any atom is -0.497 e. The Labute approximate surface area is 239 Å². The van der Waals surface area contributed by atoms with Gasteiger partial charge in [-0.05, 0) is 84.6 Å². The van der Waals surface area contributed by atoms with Gasteiger partial charge in [0.05, 0.1) is 24.8 Å². The fourth-order valence-corrected chi connectivity index (χ4v) is 4.05. The largest absolute Gasteiger partial charge is 0.497 e. The van der Waals surface area contributed by atoms with E-state index in [-0.39, 0.29) is 18.4 Å². The van der Waals surface area contributed by atoms with Gasteiger partial charge in [0.1, 0.15) is 17.2 Å². The summed E-state index contributed by atoms with van der Waals surface area (Å²) in [5, 5.41) is 0. The van der Waals surface area contributed by atoms with Crippen LogP contribution in [-0.2, 0) is 9.53 Å². The van der Waals surface area contributed by atoms with Crippen molar-refractivity contribution in [1.29, 1.82) is 0 Å². The van der Waals surface area contributed by atoms with E-state index < -0.39 is 5.97 Å². The van der Waals surface area contributed by atoms with Crippen molar-refractivity contribution in [2.45, 2.75) is 32.1 Å². The fourth-order valence-electron chi connectivity index (χ4n) is 4.05. The minimum atomic E-state index is -0.505. The quantitative estimate of drug-likeness (QED) is 0.0977. The van der Waals surface area contributed by atoms with E-state index in [1.165, 1.54) is 0 Å². The van der Waals surface area contributed by atoms with Gasteiger partial charge in [-0.2, -0.15) is 0 Å². The summed E-state index contributed by atoms with van der Waals surface area (Å²) in [4.78, 5) is 36.6. The molecule has 210 valence electrons. The first-order valence-electron chi connectivity index (χ1n) is 13.5. The van der Waals surface area contributed by atoms with Gasteiger partial charge in [-0.1, -0.05) is 55.3 Å². The molecule has 4 aromatic rings. The highest BCUT2D eigenvalue weighted by Crippen LogP contribution is 2.25. The monoisotopic (exact) mass is 552 g/mol. The average Bonchev–Trinajstić information content (AvgIpc) is 3.01. The van der Waals surface area contributed by atoms with Crippen LogP contribution in [0.2, 0.25) is 0 Å². The molecule has 4 rings (SSSR count). The highest BCUT2D eigenvalue weighted by Gasteiger charge is 2.11. The molecular weight excluding hydrogens is 520 g/mol. The standard InChI is InChI=1S/C34H32O7/c1-38-29-18-12-25(13-19-29)26-14-20-31(21-15-26)41-34(37)28-16-22-30(23-17-28)40-32(35)11-7-2-3-8-24-39-33(36)27-9-5-4-6-10-27/h4-6,9-10,12-23H,2-3,7-8,11,24H2,1H3. The van der Waals surface area contributed by atoms with Crippen molar-refractivity contribution in [2.75, 3.05) is 13.7 Å². The number of carbonyl (C=O) groups excluding carboxylic acids is 3. The van der Waals surface area contributed by atoms with Gasteiger partial charge < -0.3 is 18.9 Å². The molecule has 4 aromatic carbocycles. The molecule has 7 heteroatoms. The molecule has 0 atom stereocenters. The Morgan fingerprint density at radius 3 is 1.71 bits per heavy atom. The van der Waals surface area contributed by atoms with Gasteiger partial charge in [-0.3, -0.25) is 4.79 Å². The van der Waals surface area contributed by atoms with Crippen molar-refractivity contribution in [1.82, 2.24) is 0 Å². The second kappa shape index (κ2) is 15.0. The van der Waals surface area contributed by atoms with Gasteiger partial charge in [0.25, 0.3) is 0 Å². The van der Waals surface area contributed by atoms with Crippen LogP contribution >= 0.6 is 0 Å². The normalized spacial score (nSPS) is 10.5. The summed E-state index contributed by atoms with van der Waals surface area (Å²) in [5.41, 5.74) is 2.90. The second-order valence-electron chi connectivity index (χ2n) is 9.31. The van der Waals surface area contributed by atoms with Gasteiger partial charge in [-0.25, -0.2) is 9.59 Å². The molecule has 0 heterocycles. The first-order valence-corrected chi connectivity index (χ1v) is 13.5. The predicted octanol–water partition coefficient (Wildman–Crippen LogP) is 7.29. The number of hydrogen-bond acceptors (Lipinski definition) is 7. The van der Waals surface area contributed by atoms with E-state index in [1.54, 1.807) is 67.8 Å². The molecule has 0 aliphatic heterocycles. The number of benzene rings is 4. The molecule has 0 radical (unpaired) electrons. The number of ether oxygens (including phenoxy) is 4. The van der Waals surface area contributed by atoms with Crippen LogP contribution in [0.4, 0.5) is 0 Å². The van der Waals surface area contributed by atoms with Gasteiger partial charge in [-0.15, -0.1) is 0 Å². The Balaban J connectivity index is 1.13. The number of unbranched alkanes of at least 4 members (excludes halogenated alkanes) is 3. The summed E-state index contributed by atoms with van der Waals surface area (Å²) in [5.74, 6) is 0.406. The topological polar surface area (TPSA) is 88.1 Å². The molecule has 0 spiro atoms. The SMILES string of the molecule is COc1ccc(-c2ccc(OC(=O)c3ccc(OC(=O)CCCCCCOC(=O)c4ccccc4)cc3)cc2)cc1. The predicted molar refractivity (Wildman–Crippen MR) is 155 cm³/mol. The van der Waals surface area contributed by atoms with E-state index in [9.17, 15) is 14.4 Å². The van der Waals surface area contributed by atoms with E-state index in [4.69, 9.17) is 18.9 Å². The van der Waals surface area contributed by atoms with E-state index in [1.807, 2.05) is 42.5 Å². The highest BCUT2D eigenvalue weighted by atomic mass is 16.5. The zero-order valence-corrected chi connectivity index (χ0v) is 22.9.